The van der Waals surface area contributed by atoms with E-state index >= 15 is 0 Å². The topological polar surface area (TPSA) is 64.4 Å². The molecule has 0 aliphatic carbocycles. The number of sulfonamides is 1. The summed E-state index contributed by atoms with van der Waals surface area (Å²) in [5.74, 6) is 0.662. The average Bonchev–Trinajstić information content (AvgIpc) is 3.35. The van der Waals surface area contributed by atoms with Crippen molar-refractivity contribution in [3.8, 4) is 5.75 Å². The molecule has 0 spiro atoms. The number of hydrogen-bond acceptors (Lipinski definition) is 4. The molecule has 0 fully saturated rings. The zero-order chi connectivity index (χ0) is 23.1. The van der Waals surface area contributed by atoms with Gasteiger partial charge in [-0.05, 0) is 48.9 Å². The van der Waals surface area contributed by atoms with Gasteiger partial charge in [0, 0.05) is 29.5 Å². The number of rotatable bonds is 10. The highest BCUT2D eigenvalue weighted by molar-refractivity contribution is 7.92. The van der Waals surface area contributed by atoms with Crippen molar-refractivity contribution < 1.29 is 13.2 Å². The third-order valence-electron chi connectivity index (χ3n) is 5.11. The molecular formula is C25H24ClN3O3S. The van der Waals surface area contributed by atoms with E-state index in [9.17, 15) is 8.42 Å². The molecule has 0 aliphatic rings. The first-order valence-corrected chi connectivity index (χ1v) is 12.4. The number of halogens is 1. The van der Waals surface area contributed by atoms with Crippen LogP contribution in [0.2, 0.25) is 5.02 Å². The second-order valence-corrected chi connectivity index (χ2v) is 9.71. The summed E-state index contributed by atoms with van der Waals surface area (Å²) in [6, 6.07) is 22.8. The molecular weight excluding hydrogens is 458 g/mol. The van der Waals surface area contributed by atoms with E-state index in [2.05, 4.69) is 4.98 Å². The van der Waals surface area contributed by atoms with Gasteiger partial charge in [-0.25, -0.2) is 13.4 Å². The molecule has 0 unspecified atom stereocenters. The zero-order valence-electron chi connectivity index (χ0n) is 17.9. The van der Waals surface area contributed by atoms with Gasteiger partial charge in [-0.15, -0.1) is 0 Å². The maximum absolute atomic E-state index is 13.6. The van der Waals surface area contributed by atoms with E-state index < -0.39 is 10.0 Å². The standard InChI is InChI=1S/C25H24ClN3O3S/c26-22-11-13-24(14-12-22)33(30,31)29(23-8-2-1-3-9-23)19-21-7-4-5-10-25(21)32-18-6-16-28-17-15-27-20-28/h1-5,7-15,17,20H,6,16,18-19H2. The molecule has 0 aliphatic heterocycles. The lowest BCUT2D eigenvalue weighted by Gasteiger charge is -2.25. The maximum atomic E-state index is 13.6. The molecule has 1 heterocycles. The van der Waals surface area contributed by atoms with Crippen LogP contribution in [0.15, 0.2) is 102 Å². The van der Waals surface area contributed by atoms with E-state index in [1.165, 1.54) is 16.4 Å². The van der Waals surface area contributed by atoms with E-state index in [0.29, 0.717) is 23.1 Å². The summed E-state index contributed by atoms with van der Waals surface area (Å²) in [5, 5.41) is 0.481. The summed E-state index contributed by atoms with van der Waals surface area (Å²) in [6.45, 7) is 1.43. The van der Waals surface area contributed by atoms with E-state index in [1.54, 1.807) is 36.8 Å². The summed E-state index contributed by atoms with van der Waals surface area (Å²) in [7, 11) is -3.83. The molecule has 170 valence electrons. The Morgan fingerprint density at radius 1 is 0.939 bits per heavy atom. The lowest BCUT2D eigenvalue weighted by atomic mass is 10.2. The van der Waals surface area contributed by atoms with Crippen molar-refractivity contribution in [2.75, 3.05) is 10.9 Å². The van der Waals surface area contributed by atoms with Crippen LogP contribution < -0.4 is 9.04 Å². The van der Waals surface area contributed by atoms with Gasteiger partial charge < -0.3 is 9.30 Å². The van der Waals surface area contributed by atoms with Gasteiger partial charge in [-0.3, -0.25) is 4.31 Å². The molecule has 3 aromatic carbocycles. The zero-order valence-corrected chi connectivity index (χ0v) is 19.5. The Kier molecular flexibility index (Phi) is 7.32. The summed E-state index contributed by atoms with van der Waals surface area (Å²) in [6.07, 6.45) is 6.23. The number of hydrogen-bond donors (Lipinski definition) is 0. The highest BCUT2D eigenvalue weighted by Crippen LogP contribution is 2.29. The number of ether oxygens (including phenoxy) is 1. The molecule has 33 heavy (non-hydrogen) atoms. The Bertz CT molecular complexity index is 1260. The molecule has 0 atom stereocenters. The smallest absolute Gasteiger partial charge is 0.264 e. The summed E-state index contributed by atoms with van der Waals surface area (Å²) in [4.78, 5) is 4.22. The molecule has 4 aromatic rings. The monoisotopic (exact) mass is 481 g/mol. The minimum Gasteiger partial charge on any atom is -0.493 e. The number of aromatic nitrogens is 2. The fraction of sp³-hybridized carbons (Fsp3) is 0.160. The second-order valence-electron chi connectivity index (χ2n) is 7.41. The molecule has 0 N–H and O–H groups in total. The quantitative estimate of drug-likeness (QED) is 0.284. The predicted molar refractivity (Wildman–Crippen MR) is 130 cm³/mol. The Hall–Kier alpha value is -3.29. The highest BCUT2D eigenvalue weighted by Gasteiger charge is 2.26. The van der Waals surface area contributed by atoms with Crippen LogP contribution in [0.3, 0.4) is 0 Å². The third-order valence-corrected chi connectivity index (χ3v) is 7.15. The fourth-order valence-corrected chi connectivity index (χ4v) is 4.99. The first kappa shape index (κ1) is 22.9. The van der Waals surface area contributed by atoms with Crippen LogP contribution >= 0.6 is 11.6 Å². The first-order valence-electron chi connectivity index (χ1n) is 10.5. The number of aryl methyl sites for hydroxylation is 1. The van der Waals surface area contributed by atoms with Gasteiger partial charge in [-0.1, -0.05) is 48.0 Å². The molecule has 0 saturated heterocycles. The van der Waals surface area contributed by atoms with Crippen molar-refractivity contribution in [2.45, 2.75) is 24.4 Å². The number of anilines is 1. The molecule has 0 bridgehead atoms. The number of nitrogens with zero attached hydrogens (tertiary/aromatic N) is 3. The lowest BCUT2D eigenvalue weighted by molar-refractivity contribution is 0.299. The van der Waals surface area contributed by atoms with Crippen molar-refractivity contribution >= 4 is 27.3 Å². The molecule has 0 saturated carbocycles. The molecule has 6 nitrogen and oxygen atoms in total. The Morgan fingerprint density at radius 3 is 2.39 bits per heavy atom. The third kappa shape index (κ3) is 5.74. The minimum atomic E-state index is -3.83. The van der Waals surface area contributed by atoms with Gasteiger partial charge in [0.2, 0.25) is 0 Å². The van der Waals surface area contributed by atoms with Crippen LogP contribution in [0.25, 0.3) is 0 Å². The Balaban J connectivity index is 1.57. The number of para-hydroxylation sites is 2. The summed E-state index contributed by atoms with van der Waals surface area (Å²) in [5.41, 5.74) is 1.35. The second kappa shape index (κ2) is 10.6. The molecule has 1 aromatic heterocycles. The van der Waals surface area contributed by atoms with Gasteiger partial charge in [0.1, 0.15) is 5.75 Å². The predicted octanol–water partition coefficient (Wildman–Crippen LogP) is 5.40. The van der Waals surface area contributed by atoms with Crippen LogP contribution in [0.1, 0.15) is 12.0 Å². The summed E-state index contributed by atoms with van der Waals surface area (Å²) < 4.78 is 36.6. The number of benzene rings is 3. The van der Waals surface area contributed by atoms with Crippen LogP contribution in [0.5, 0.6) is 5.75 Å². The van der Waals surface area contributed by atoms with E-state index in [1.807, 2.05) is 53.2 Å². The van der Waals surface area contributed by atoms with Crippen molar-refractivity contribution in [1.29, 1.82) is 0 Å². The van der Waals surface area contributed by atoms with Gasteiger partial charge in [0.15, 0.2) is 0 Å². The SMILES string of the molecule is O=S(=O)(c1ccc(Cl)cc1)N(Cc1ccccc1OCCCn1ccnc1)c1ccccc1. The van der Waals surface area contributed by atoms with E-state index in [4.69, 9.17) is 16.3 Å². The average molecular weight is 482 g/mol. The van der Waals surface area contributed by atoms with Crippen LogP contribution in [-0.2, 0) is 23.1 Å². The lowest BCUT2D eigenvalue weighted by Crippen LogP contribution is -2.30. The van der Waals surface area contributed by atoms with Crippen molar-refractivity contribution in [3.05, 3.63) is 108 Å². The molecule has 4 rings (SSSR count). The maximum Gasteiger partial charge on any atom is 0.264 e. The van der Waals surface area contributed by atoms with E-state index in [-0.39, 0.29) is 11.4 Å². The molecule has 0 amide bonds. The van der Waals surface area contributed by atoms with E-state index in [0.717, 1.165) is 18.5 Å². The molecule has 0 radical (unpaired) electrons. The fourth-order valence-electron chi connectivity index (χ4n) is 3.42. The van der Waals surface area contributed by atoms with Crippen LogP contribution in [0, 0.1) is 0 Å². The minimum absolute atomic E-state index is 0.132. The van der Waals surface area contributed by atoms with Crippen molar-refractivity contribution in [3.63, 3.8) is 0 Å². The van der Waals surface area contributed by atoms with Crippen LogP contribution in [0.4, 0.5) is 5.69 Å². The molecule has 8 heteroatoms. The van der Waals surface area contributed by atoms with Crippen molar-refractivity contribution in [2.24, 2.45) is 0 Å². The largest absolute Gasteiger partial charge is 0.493 e. The van der Waals surface area contributed by atoms with Gasteiger partial charge in [-0.2, -0.15) is 0 Å². The van der Waals surface area contributed by atoms with Gasteiger partial charge in [0.05, 0.1) is 30.1 Å². The Labute approximate surface area is 199 Å². The normalized spacial score (nSPS) is 11.3. The Morgan fingerprint density at radius 2 is 1.67 bits per heavy atom. The number of imidazole rings is 1. The van der Waals surface area contributed by atoms with Crippen molar-refractivity contribution in [1.82, 2.24) is 9.55 Å². The van der Waals surface area contributed by atoms with Gasteiger partial charge in [0.25, 0.3) is 10.0 Å². The highest BCUT2D eigenvalue weighted by atomic mass is 35.5. The first-order chi connectivity index (χ1) is 16.0. The summed E-state index contributed by atoms with van der Waals surface area (Å²) >= 11 is 5.97. The van der Waals surface area contributed by atoms with Crippen LogP contribution in [-0.4, -0.2) is 24.6 Å². The van der Waals surface area contributed by atoms with Gasteiger partial charge >= 0.3 is 0 Å².